The first-order valence-electron chi connectivity index (χ1n) is 10.6. The van der Waals surface area contributed by atoms with Gasteiger partial charge in [-0.1, -0.05) is 19.1 Å². The van der Waals surface area contributed by atoms with Crippen LogP contribution in [0.1, 0.15) is 38.7 Å². The van der Waals surface area contributed by atoms with Gasteiger partial charge in [-0.05, 0) is 62.4 Å². The lowest BCUT2D eigenvalue weighted by molar-refractivity contribution is -0.134. The maximum Gasteiger partial charge on any atom is 0.222 e. The van der Waals surface area contributed by atoms with E-state index in [1.54, 1.807) is 0 Å². The molecule has 0 aromatic heterocycles. The van der Waals surface area contributed by atoms with E-state index in [0.29, 0.717) is 30.8 Å². The summed E-state index contributed by atoms with van der Waals surface area (Å²) in [6.45, 7) is 11.7. The SMILES string of the molecule is CCOc1ccc(CN2CCN(C(=O)CC(C)C3CCCNC3)CC2)cc1. The highest BCUT2D eigenvalue weighted by Crippen LogP contribution is 2.23. The van der Waals surface area contributed by atoms with Crippen molar-refractivity contribution in [2.24, 2.45) is 11.8 Å². The quantitative estimate of drug-likeness (QED) is 0.798. The molecule has 5 heteroatoms. The molecule has 1 N–H and O–H groups in total. The van der Waals surface area contributed by atoms with Crippen LogP contribution in [0.3, 0.4) is 0 Å². The molecule has 0 bridgehead atoms. The van der Waals surface area contributed by atoms with Gasteiger partial charge in [0.25, 0.3) is 0 Å². The molecule has 2 atom stereocenters. The highest BCUT2D eigenvalue weighted by molar-refractivity contribution is 5.76. The summed E-state index contributed by atoms with van der Waals surface area (Å²) in [4.78, 5) is 17.2. The second-order valence-electron chi connectivity index (χ2n) is 8.02. The van der Waals surface area contributed by atoms with Gasteiger partial charge in [0.2, 0.25) is 5.91 Å². The zero-order valence-corrected chi connectivity index (χ0v) is 17.0. The monoisotopic (exact) mass is 373 g/mol. The molecule has 1 aromatic rings. The largest absolute Gasteiger partial charge is 0.494 e. The summed E-state index contributed by atoms with van der Waals surface area (Å²) in [6.07, 6.45) is 3.20. The van der Waals surface area contributed by atoms with Gasteiger partial charge in [-0.2, -0.15) is 0 Å². The van der Waals surface area contributed by atoms with E-state index in [-0.39, 0.29) is 0 Å². The van der Waals surface area contributed by atoms with Crippen LogP contribution in [0.2, 0.25) is 0 Å². The second-order valence-corrected chi connectivity index (χ2v) is 8.02. The number of amides is 1. The maximum absolute atomic E-state index is 12.7. The minimum atomic E-state index is 0.341. The fourth-order valence-electron chi connectivity index (χ4n) is 4.21. The van der Waals surface area contributed by atoms with Crippen LogP contribution in [0.15, 0.2) is 24.3 Å². The second kappa shape index (κ2) is 10.1. The number of piperidine rings is 1. The normalized spacial score (nSPS) is 22.4. The van der Waals surface area contributed by atoms with Gasteiger partial charge in [-0.25, -0.2) is 0 Å². The van der Waals surface area contributed by atoms with Gasteiger partial charge in [0.05, 0.1) is 6.61 Å². The molecular formula is C22H35N3O2. The standard InChI is InChI=1S/C22H35N3O2/c1-3-27-21-8-6-19(7-9-21)17-24-11-13-25(14-12-24)22(26)15-18(2)20-5-4-10-23-16-20/h6-9,18,20,23H,3-5,10-17H2,1-2H3. The summed E-state index contributed by atoms with van der Waals surface area (Å²) in [6, 6.07) is 8.37. The molecular weight excluding hydrogens is 338 g/mol. The number of piperazine rings is 1. The Bertz CT molecular complexity index is 576. The molecule has 2 saturated heterocycles. The van der Waals surface area contributed by atoms with Gasteiger partial charge in [0, 0.05) is 39.1 Å². The van der Waals surface area contributed by atoms with Crippen LogP contribution in [0.5, 0.6) is 5.75 Å². The molecule has 0 saturated carbocycles. The van der Waals surface area contributed by atoms with Gasteiger partial charge in [0.15, 0.2) is 0 Å². The summed E-state index contributed by atoms with van der Waals surface area (Å²) in [7, 11) is 0. The third-order valence-electron chi connectivity index (χ3n) is 6.00. The number of rotatable bonds is 7. The van der Waals surface area contributed by atoms with Crippen LogP contribution in [0, 0.1) is 11.8 Å². The molecule has 2 fully saturated rings. The third-order valence-corrected chi connectivity index (χ3v) is 6.00. The number of nitrogens with zero attached hydrogens (tertiary/aromatic N) is 2. The van der Waals surface area contributed by atoms with Crippen molar-refractivity contribution in [3.05, 3.63) is 29.8 Å². The minimum Gasteiger partial charge on any atom is -0.494 e. The van der Waals surface area contributed by atoms with Crippen molar-refractivity contribution in [2.75, 3.05) is 45.9 Å². The lowest BCUT2D eigenvalue weighted by Gasteiger charge is -2.36. The Kier molecular flexibility index (Phi) is 7.53. The van der Waals surface area contributed by atoms with Crippen LogP contribution in [-0.4, -0.2) is 61.6 Å². The number of benzene rings is 1. The highest BCUT2D eigenvalue weighted by atomic mass is 16.5. The van der Waals surface area contributed by atoms with Gasteiger partial charge < -0.3 is 15.0 Å². The molecule has 1 aromatic carbocycles. The Morgan fingerprint density at radius 2 is 1.96 bits per heavy atom. The molecule has 2 unspecified atom stereocenters. The fourth-order valence-corrected chi connectivity index (χ4v) is 4.21. The molecule has 2 aliphatic rings. The maximum atomic E-state index is 12.7. The Morgan fingerprint density at radius 3 is 2.59 bits per heavy atom. The Balaban J connectivity index is 1.40. The van der Waals surface area contributed by atoms with Gasteiger partial charge in [-0.15, -0.1) is 0 Å². The van der Waals surface area contributed by atoms with E-state index in [1.165, 1.54) is 18.4 Å². The zero-order chi connectivity index (χ0) is 19.1. The van der Waals surface area contributed by atoms with E-state index in [0.717, 1.165) is 51.6 Å². The van der Waals surface area contributed by atoms with Gasteiger partial charge >= 0.3 is 0 Å². The molecule has 150 valence electrons. The molecule has 0 spiro atoms. The van der Waals surface area contributed by atoms with Crippen molar-refractivity contribution in [2.45, 2.75) is 39.7 Å². The fraction of sp³-hybridized carbons (Fsp3) is 0.682. The van der Waals surface area contributed by atoms with E-state index in [9.17, 15) is 4.79 Å². The van der Waals surface area contributed by atoms with Crippen LogP contribution >= 0.6 is 0 Å². The van der Waals surface area contributed by atoms with Crippen LogP contribution in [0.25, 0.3) is 0 Å². The average molecular weight is 374 g/mol. The lowest BCUT2D eigenvalue weighted by Crippen LogP contribution is -2.48. The van der Waals surface area contributed by atoms with Crippen molar-refractivity contribution in [1.82, 2.24) is 15.1 Å². The van der Waals surface area contributed by atoms with Crippen molar-refractivity contribution in [3.63, 3.8) is 0 Å². The van der Waals surface area contributed by atoms with Crippen molar-refractivity contribution < 1.29 is 9.53 Å². The molecule has 2 heterocycles. The molecule has 27 heavy (non-hydrogen) atoms. The average Bonchev–Trinajstić information content (AvgIpc) is 2.71. The van der Waals surface area contributed by atoms with Crippen LogP contribution < -0.4 is 10.1 Å². The smallest absolute Gasteiger partial charge is 0.222 e. The van der Waals surface area contributed by atoms with E-state index in [2.05, 4.69) is 34.2 Å². The minimum absolute atomic E-state index is 0.341. The first kappa shape index (κ1) is 20.2. The van der Waals surface area contributed by atoms with Gasteiger partial charge in [0.1, 0.15) is 5.75 Å². The molecule has 2 aliphatic heterocycles. The van der Waals surface area contributed by atoms with Crippen LogP contribution in [0.4, 0.5) is 0 Å². The Labute approximate surface area is 164 Å². The van der Waals surface area contributed by atoms with Gasteiger partial charge in [-0.3, -0.25) is 9.69 Å². The third kappa shape index (κ3) is 5.94. The van der Waals surface area contributed by atoms with E-state index >= 15 is 0 Å². The topological polar surface area (TPSA) is 44.8 Å². The van der Waals surface area contributed by atoms with Crippen molar-refractivity contribution >= 4 is 5.91 Å². The van der Waals surface area contributed by atoms with E-state index in [4.69, 9.17) is 4.74 Å². The number of carbonyl (C=O) groups is 1. The van der Waals surface area contributed by atoms with Crippen LogP contribution in [-0.2, 0) is 11.3 Å². The number of ether oxygens (including phenoxy) is 1. The summed E-state index contributed by atoms with van der Waals surface area (Å²) in [5.74, 6) is 2.41. The molecule has 1 amide bonds. The predicted molar refractivity (Wildman–Crippen MR) is 109 cm³/mol. The zero-order valence-electron chi connectivity index (χ0n) is 17.0. The van der Waals surface area contributed by atoms with Crippen molar-refractivity contribution in [1.29, 1.82) is 0 Å². The summed E-state index contributed by atoms with van der Waals surface area (Å²) >= 11 is 0. The number of nitrogens with one attached hydrogen (secondary N) is 1. The van der Waals surface area contributed by atoms with E-state index in [1.807, 2.05) is 19.1 Å². The Morgan fingerprint density at radius 1 is 1.22 bits per heavy atom. The molecule has 0 radical (unpaired) electrons. The highest BCUT2D eigenvalue weighted by Gasteiger charge is 2.26. The Hall–Kier alpha value is -1.59. The molecule has 3 rings (SSSR count). The first-order valence-corrected chi connectivity index (χ1v) is 10.6. The summed E-state index contributed by atoms with van der Waals surface area (Å²) in [5, 5.41) is 3.47. The summed E-state index contributed by atoms with van der Waals surface area (Å²) in [5.41, 5.74) is 1.30. The summed E-state index contributed by atoms with van der Waals surface area (Å²) < 4.78 is 5.50. The predicted octanol–water partition coefficient (Wildman–Crippen LogP) is 2.76. The molecule has 5 nitrogen and oxygen atoms in total. The molecule has 0 aliphatic carbocycles. The first-order chi connectivity index (χ1) is 13.2. The number of hydrogen-bond donors (Lipinski definition) is 1. The number of hydrogen-bond acceptors (Lipinski definition) is 4. The number of carbonyl (C=O) groups excluding carboxylic acids is 1. The van der Waals surface area contributed by atoms with E-state index < -0.39 is 0 Å². The lowest BCUT2D eigenvalue weighted by atomic mass is 9.85. The van der Waals surface area contributed by atoms with Crippen molar-refractivity contribution in [3.8, 4) is 5.75 Å².